The number of aliphatic imine (C=N–C) groups is 1. The number of aliphatic hydroxyl groups excluding tert-OH is 1. The number of esters is 1. The first kappa shape index (κ1) is 16.7. The van der Waals surface area contributed by atoms with E-state index in [1.807, 2.05) is 0 Å². The van der Waals surface area contributed by atoms with Gasteiger partial charge in [0.15, 0.2) is 5.76 Å². The molecule has 1 N–H and O–H groups in total. The van der Waals surface area contributed by atoms with E-state index in [2.05, 4.69) is 9.98 Å². The van der Waals surface area contributed by atoms with Crippen molar-refractivity contribution in [3.05, 3.63) is 33.6 Å². The quantitative estimate of drug-likeness (QED) is 0.516. The fourth-order valence-electron chi connectivity index (χ4n) is 1.87. The number of halogens is 2. The van der Waals surface area contributed by atoms with Gasteiger partial charge in [0.25, 0.3) is 0 Å². The summed E-state index contributed by atoms with van der Waals surface area (Å²) in [4.78, 5) is 20.3. The summed E-state index contributed by atoms with van der Waals surface area (Å²) in [6.07, 6.45) is 1.32. The molecule has 1 aromatic heterocycles. The molecule has 0 amide bonds. The predicted octanol–water partition coefficient (Wildman–Crippen LogP) is 2.69. The van der Waals surface area contributed by atoms with E-state index in [0.717, 1.165) is 0 Å². The van der Waals surface area contributed by atoms with Crippen LogP contribution in [-0.4, -0.2) is 48.1 Å². The van der Waals surface area contributed by atoms with E-state index >= 15 is 0 Å². The molecule has 0 saturated carbocycles. The Morgan fingerprint density at radius 1 is 1.50 bits per heavy atom. The number of nitrogens with zero attached hydrogens (tertiary/aromatic N) is 2. The van der Waals surface area contributed by atoms with E-state index in [4.69, 9.17) is 32.7 Å². The standard InChI is InChI=1S/C14H14Cl2N2O4/c1-2-22-14(20)11(10-7-21-4-3-17-10)13(19)12-9(16)5-8(15)6-18-12/h5-6,19H,2-4,7H2,1H3/b13-11-. The second-order valence-corrected chi connectivity index (χ2v) is 5.15. The maximum Gasteiger partial charge on any atom is 0.343 e. The molecule has 118 valence electrons. The van der Waals surface area contributed by atoms with Crippen molar-refractivity contribution in [3.63, 3.8) is 0 Å². The average Bonchev–Trinajstić information content (AvgIpc) is 2.48. The first-order valence-corrected chi connectivity index (χ1v) is 7.33. The molecule has 2 rings (SSSR count). The van der Waals surface area contributed by atoms with Crippen LogP contribution >= 0.6 is 23.2 Å². The van der Waals surface area contributed by atoms with Gasteiger partial charge in [0.1, 0.15) is 11.3 Å². The van der Waals surface area contributed by atoms with Crippen molar-refractivity contribution < 1.29 is 19.4 Å². The third kappa shape index (κ3) is 3.76. The number of pyridine rings is 1. The summed E-state index contributed by atoms with van der Waals surface area (Å²) in [6, 6.07) is 1.42. The summed E-state index contributed by atoms with van der Waals surface area (Å²) < 4.78 is 10.2. The highest BCUT2D eigenvalue weighted by atomic mass is 35.5. The fraction of sp³-hybridized carbons (Fsp3) is 0.357. The Bertz CT molecular complexity index is 644. The highest BCUT2D eigenvalue weighted by Gasteiger charge is 2.26. The first-order chi connectivity index (χ1) is 10.5. The lowest BCUT2D eigenvalue weighted by Crippen LogP contribution is -2.26. The van der Waals surface area contributed by atoms with Gasteiger partial charge < -0.3 is 14.6 Å². The van der Waals surface area contributed by atoms with E-state index < -0.39 is 11.7 Å². The molecule has 0 saturated heterocycles. The van der Waals surface area contributed by atoms with Crippen LogP contribution in [-0.2, 0) is 14.3 Å². The van der Waals surface area contributed by atoms with Crippen LogP contribution in [0.25, 0.3) is 5.76 Å². The number of rotatable bonds is 4. The van der Waals surface area contributed by atoms with E-state index in [1.54, 1.807) is 6.92 Å². The first-order valence-electron chi connectivity index (χ1n) is 6.57. The van der Waals surface area contributed by atoms with Gasteiger partial charge in [-0.3, -0.25) is 4.99 Å². The molecule has 1 aliphatic heterocycles. The molecule has 22 heavy (non-hydrogen) atoms. The molecule has 0 radical (unpaired) electrons. The van der Waals surface area contributed by atoms with Gasteiger partial charge in [-0.2, -0.15) is 0 Å². The molecule has 2 heterocycles. The lowest BCUT2D eigenvalue weighted by molar-refractivity contribution is -0.137. The molecule has 8 heteroatoms. The van der Waals surface area contributed by atoms with Crippen LogP contribution in [0.5, 0.6) is 0 Å². The maximum atomic E-state index is 12.2. The van der Waals surface area contributed by atoms with Crippen LogP contribution in [0.3, 0.4) is 0 Å². The maximum absolute atomic E-state index is 12.2. The van der Waals surface area contributed by atoms with Crippen molar-refractivity contribution in [2.75, 3.05) is 26.4 Å². The van der Waals surface area contributed by atoms with Gasteiger partial charge in [-0.15, -0.1) is 0 Å². The Hall–Kier alpha value is -1.63. The minimum Gasteiger partial charge on any atom is -0.505 e. The van der Waals surface area contributed by atoms with Crippen LogP contribution in [0.2, 0.25) is 10.0 Å². The number of carbonyl (C=O) groups is 1. The summed E-state index contributed by atoms with van der Waals surface area (Å²) in [7, 11) is 0. The van der Waals surface area contributed by atoms with E-state index in [9.17, 15) is 9.90 Å². The van der Waals surface area contributed by atoms with Gasteiger partial charge >= 0.3 is 5.97 Å². The normalized spacial score (nSPS) is 15.9. The molecule has 0 atom stereocenters. The van der Waals surface area contributed by atoms with Crippen LogP contribution in [0.4, 0.5) is 0 Å². The lowest BCUT2D eigenvalue weighted by Gasteiger charge is -2.16. The monoisotopic (exact) mass is 344 g/mol. The zero-order valence-corrected chi connectivity index (χ0v) is 13.3. The molecular formula is C14H14Cl2N2O4. The SMILES string of the molecule is CCOC(=O)/C(C1=NCCOC1)=C(\O)c1ncc(Cl)cc1Cl. The molecule has 0 fully saturated rings. The third-order valence-corrected chi connectivity index (χ3v) is 3.31. The van der Waals surface area contributed by atoms with Crippen molar-refractivity contribution in [1.82, 2.24) is 4.98 Å². The summed E-state index contributed by atoms with van der Waals surface area (Å²) in [6.45, 7) is 2.78. The van der Waals surface area contributed by atoms with Crippen LogP contribution < -0.4 is 0 Å². The van der Waals surface area contributed by atoms with Crippen LogP contribution in [0, 0.1) is 0 Å². The number of aliphatic hydroxyl groups is 1. The number of hydrogen-bond donors (Lipinski definition) is 1. The van der Waals surface area contributed by atoms with Crippen molar-refractivity contribution in [2.24, 2.45) is 4.99 Å². The van der Waals surface area contributed by atoms with Gasteiger partial charge in [0.2, 0.25) is 0 Å². The molecule has 0 unspecified atom stereocenters. The van der Waals surface area contributed by atoms with Crippen LogP contribution in [0.1, 0.15) is 12.6 Å². The molecule has 0 spiro atoms. The molecule has 0 bridgehead atoms. The highest BCUT2D eigenvalue weighted by molar-refractivity contribution is 6.36. The summed E-state index contributed by atoms with van der Waals surface area (Å²) in [5.74, 6) is -1.12. The summed E-state index contributed by atoms with van der Waals surface area (Å²) in [5, 5.41) is 10.9. The molecular weight excluding hydrogens is 331 g/mol. The number of aromatic nitrogens is 1. The van der Waals surface area contributed by atoms with Gasteiger partial charge in [0, 0.05) is 6.20 Å². The largest absolute Gasteiger partial charge is 0.505 e. The Morgan fingerprint density at radius 3 is 2.86 bits per heavy atom. The number of hydrogen-bond acceptors (Lipinski definition) is 6. The average molecular weight is 345 g/mol. The minimum absolute atomic E-state index is 0.0300. The molecule has 1 aromatic rings. The van der Waals surface area contributed by atoms with Crippen molar-refractivity contribution in [1.29, 1.82) is 0 Å². The zero-order valence-electron chi connectivity index (χ0n) is 11.8. The van der Waals surface area contributed by atoms with Gasteiger partial charge in [-0.05, 0) is 13.0 Å². The Kier molecular flexibility index (Phi) is 5.76. The van der Waals surface area contributed by atoms with Gasteiger partial charge in [-0.1, -0.05) is 23.2 Å². The smallest absolute Gasteiger partial charge is 0.343 e. The van der Waals surface area contributed by atoms with Crippen molar-refractivity contribution in [3.8, 4) is 0 Å². The Morgan fingerprint density at radius 2 is 2.27 bits per heavy atom. The van der Waals surface area contributed by atoms with Crippen molar-refractivity contribution in [2.45, 2.75) is 6.92 Å². The highest BCUT2D eigenvalue weighted by Crippen LogP contribution is 2.26. The van der Waals surface area contributed by atoms with E-state index in [0.29, 0.717) is 23.9 Å². The summed E-state index contributed by atoms with van der Waals surface area (Å²) >= 11 is 11.8. The predicted molar refractivity (Wildman–Crippen MR) is 83.6 cm³/mol. The van der Waals surface area contributed by atoms with Crippen LogP contribution in [0.15, 0.2) is 22.8 Å². The second kappa shape index (κ2) is 7.58. The van der Waals surface area contributed by atoms with Crippen molar-refractivity contribution >= 4 is 40.6 Å². The fourth-order valence-corrected chi connectivity index (χ4v) is 2.34. The molecule has 1 aliphatic rings. The Labute approximate surface area is 137 Å². The topological polar surface area (TPSA) is 81.0 Å². The van der Waals surface area contributed by atoms with E-state index in [1.165, 1.54) is 12.3 Å². The number of ether oxygens (including phenoxy) is 2. The van der Waals surface area contributed by atoms with E-state index in [-0.39, 0.29) is 29.5 Å². The zero-order chi connectivity index (χ0) is 16.1. The number of carbonyl (C=O) groups excluding carboxylic acids is 1. The van der Waals surface area contributed by atoms with Gasteiger partial charge in [0.05, 0.1) is 42.1 Å². The Balaban J connectivity index is 2.53. The second-order valence-electron chi connectivity index (χ2n) is 4.31. The third-order valence-electron chi connectivity index (χ3n) is 2.81. The van der Waals surface area contributed by atoms with Gasteiger partial charge in [-0.25, -0.2) is 9.78 Å². The molecule has 0 aliphatic carbocycles. The lowest BCUT2D eigenvalue weighted by atomic mass is 10.1. The molecule has 0 aromatic carbocycles. The minimum atomic E-state index is -0.711. The summed E-state index contributed by atoms with van der Waals surface area (Å²) in [5.41, 5.74) is 0.232. The molecule has 6 nitrogen and oxygen atoms in total.